The van der Waals surface area contributed by atoms with Gasteiger partial charge in [-0.1, -0.05) is 16.5 Å². The van der Waals surface area contributed by atoms with Crippen LogP contribution in [0, 0.1) is 12.7 Å². The Bertz CT molecular complexity index is 1110. The first-order valence-electron chi connectivity index (χ1n) is 9.21. The summed E-state index contributed by atoms with van der Waals surface area (Å²) in [5.41, 5.74) is 0.794. The van der Waals surface area contributed by atoms with Crippen molar-refractivity contribution in [2.24, 2.45) is 4.99 Å². The molecular formula is C19H21FN4O4S2. The highest BCUT2D eigenvalue weighted by atomic mass is 32.2. The minimum atomic E-state index is -0.373. The number of hydrogen-bond donors (Lipinski definition) is 1. The Labute approximate surface area is 180 Å². The van der Waals surface area contributed by atoms with Gasteiger partial charge in [0, 0.05) is 19.2 Å². The summed E-state index contributed by atoms with van der Waals surface area (Å²) in [6.07, 6.45) is 0. The summed E-state index contributed by atoms with van der Waals surface area (Å²) in [4.78, 5) is 28.9. The highest BCUT2D eigenvalue weighted by Crippen LogP contribution is 2.18. The van der Waals surface area contributed by atoms with Crippen LogP contribution in [-0.4, -0.2) is 46.3 Å². The molecule has 3 rings (SSSR count). The van der Waals surface area contributed by atoms with Crippen LogP contribution in [0.1, 0.15) is 12.7 Å². The van der Waals surface area contributed by atoms with Crippen molar-refractivity contribution in [3.05, 3.63) is 40.6 Å². The van der Waals surface area contributed by atoms with E-state index in [0.29, 0.717) is 40.8 Å². The molecule has 0 aliphatic heterocycles. The maximum Gasteiger partial charge on any atom is 0.258 e. The number of rotatable bonds is 9. The second kappa shape index (κ2) is 10.5. The predicted molar refractivity (Wildman–Crippen MR) is 114 cm³/mol. The largest absolute Gasteiger partial charge is 0.380 e. The van der Waals surface area contributed by atoms with Crippen LogP contribution in [0.2, 0.25) is 0 Å². The summed E-state index contributed by atoms with van der Waals surface area (Å²) < 4.78 is 26.4. The highest BCUT2D eigenvalue weighted by Gasteiger charge is 2.11. The first-order chi connectivity index (χ1) is 14.5. The van der Waals surface area contributed by atoms with Crippen molar-refractivity contribution in [3.63, 3.8) is 0 Å². The summed E-state index contributed by atoms with van der Waals surface area (Å²) >= 11 is 2.39. The van der Waals surface area contributed by atoms with Gasteiger partial charge in [-0.2, -0.15) is 4.99 Å². The Hall–Kier alpha value is -2.50. The first kappa shape index (κ1) is 22.2. The molecule has 0 saturated heterocycles. The van der Waals surface area contributed by atoms with Crippen LogP contribution in [0.25, 0.3) is 10.2 Å². The van der Waals surface area contributed by atoms with Crippen molar-refractivity contribution in [1.82, 2.24) is 9.72 Å². The molecule has 0 fully saturated rings. The van der Waals surface area contributed by atoms with Gasteiger partial charge >= 0.3 is 0 Å². The molecule has 160 valence electrons. The molecule has 1 N–H and O–H groups in total. The molecule has 0 atom stereocenters. The number of aromatic nitrogens is 2. The highest BCUT2D eigenvalue weighted by molar-refractivity contribution is 8.00. The average molecular weight is 453 g/mol. The van der Waals surface area contributed by atoms with Gasteiger partial charge in [-0.25, -0.2) is 4.39 Å². The second-order valence-corrected chi connectivity index (χ2v) is 8.21. The van der Waals surface area contributed by atoms with Gasteiger partial charge in [-0.3, -0.25) is 9.59 Å². The SMILES string of the molecule is CCOCCn1c(=NC(=O)CSCC(=O)Nc2cc(C)on2)sc2cc(F)ccc21. The summed E-state index contributed by atoms with van der Waals surface area (Å²) in [5.74, 6) is 0.0405. The van der Waals surface area contributed by atoms with Crippen molar-refractivity contribution >= 4 is 50.9 Å². The number of ether oxygens (including phenoxy) is 1. The van der Waals surface area contributed by atoms with Gasteiger partial charge in [0.2, 0.25) is 5.91 Å². The minimum absolute atomic E-state index is 0.0410. The standard InChI is InChI=1S/C19H21FN4O4S2/c1-3-27-7-6-24-14-5-4-13(20)9-15(14)30-19(24)22-18(26)11-29-10-17(25)21-16-8-12(2)28-23-16/h4-5,8-9H,3,6-7,10-11H2,1-2H3,(H,21,23,25). The molecule has 0 aliphatic rings. The average Bonchev–Trinajstić information content (AvgIpc) is 3.24. The van der Waals surface area contributed by atoms with Gasteiger partial charge in [0.1, 0.15) is 11.6 Å². The maximum absolute atomic E-state index is 13.6. The zero-order chi connectivity index (χ0) is 21.5. The number of halogens is 1. The van der Waals surface area contributed by atoms with E-state index in [1.165, 1.54) is 23.5 Å². The lowest BCUT2D eigenvalue weighted by Gasteiger charge is -2.05. The molecule has 30 heavy (non-hydrogen) atoms. The molecule has 3 aromatic rings. The van der Waals surface area contributed by atoms with E-state index in [1.807, 2.05) is 11.5 Å². The molecule has 0 bridgehead atoms. The zero-order valence-corrected chi connectivity index (χ0v) is 18.1. The Morgan fingerprint density at radius 1 is 1.37 bits per heavy atom. The molecular weight excluding hydrogens is 431 g/mol. The molecule has 8 nitrogen and oxygen atoms in total. The van der Waals surface area contributed by atoms with Crippen molar-refractivity contribution < 1.29 is 23.2 Å². The van der Waals surface area contributed by atoms with Crippen LogP contribution in [-0.2, 0) is 20.9 Å². The van der Waals surface area contributed by atoms with E-state index in [1.54, 1.807) is 19.1 Å². The molecule has 0 saturated carbocycles. The molecule has 0 radical (unpaired) electrons. The number of thioether (sulfide) groups is 1. The van der Waals surface area contributed by atoms with Gasteiger partial charge in [0.25, 0.3) is 5.91 Å². The quantitative estimate of drug-likeness (QED) is 0.501. The van der Waals surface area contributed by atoms with Crippen molar-refractivity contribution in [3.8, 4) is 0 Å². The molecule has 2 aromatic heterocycles. The number of aryl methyl sites for hydroxylation is 1. The maximum atomic E-state index is 13.6. The van der Waals surface area contributed by atoms with Crippen LogP contribution < -0.4 is 10.1 Å². The van der Waals surface area contributed by atoms with Gasteiger partial charge in [0.15, 0.2) is 10.6 Å². The Morgan fingerprint density at radius 3 is 2.93 bits per heavy atom. The number of carbonyl (C=O) groups excluding carboxylic acids is 2. The van der Waals surface area contributed by atoms with Gasteiger partial charge < -0.3 is 19.1 Å². The Balaban J connectivity index is 1.65. The third-order valence-corrected chi connectivity index (χ3v) is 5.84. The number of benzene rings is 1. The van der Waals surface area contributed by atoms with E-state index < -0.39 is 0 Å². The summed E-state index contributed by atoms with van der Waals surface area (Å²) in [6, 6.07) is 6.07. The van der Waals surface area contributed by atoms with Crippen LogP contribution >= 0.6 is 23.1 Å². The molecule has 2 amide bonds. The number of nitrogens with zero attached hydrogens (tertiary/aromatic N) is 3. The second-order valence-electron chi connectivity index (χ2n) is 6.21. The van der Waals surface area contributed by atoms with E-state index in [-0.39, 0.29) is 29.1 Å². The van der Waals surface area contributed by atoms with Crippen molar-refractivity contribution in [2.75, 3.05) is 30.0 Å². The summed E-state index contributed by atoms with van der Waals surface area (Å²) in [5, 5.41) is 6.27. The topological polar surface area (TPSA) is 98.7 Å². The number of anilines is 1. The fourth-order valence-corrected chi connectivity index (χ4v) is 4.32. The Morgan fingerprint density at radius 2 is 2.20 bits per heavy atom. The number of nitrogens with one attached hydrogen (secondary N) is 1. The molecule has 0 aliphatic carbocycles. The number of thiazole rings is 1. The lowest BCUT2D eigenvalue weighted by molar-refractivity contribution is -0.115. The molecule has 0 spiro atoms. The van der Waals surface area contributed by atoms with Gasteiger partial charge in [0.05, 0.1) is 28.3 Å². The molecule has 2 heterocycles. The molecule has 0 unspecified atom stereocenters. The van der Waals surface area contributed by atoms with Crippen molar-refractivity contribution in [1.29, 1.82) is 0 Å². The summed E-state index contributed by atoms with van der Waals surface area (Å²) in [6.45, 7) is 5.16. The molecule has 1 aromatic carbocycles. The van der Waals surface area contributed by atoms with E-state index in [4.69, 9.17) is 9.26 Å². The fraction of sp³-hybridized carbons (Fsp3) is 0.368. The number of fused-ring (bicyclic) bond motifs is 1. The van der Waals surface area contributed by atoms with Gasteiger partial charge in [-0.05, 0) is 32.0 Å². The third-order valence-electron chi connectivity index (χ3n) is 3.88. The van der Waals surface area contributed by atoms with E-state index in [9.17, 15) is 14.0 Å². The number of amides is 2. The fourth-order valence-electron chi connectivity index (χ4n) is 2.62. The van der Waals surface area contributed by atoms with Crippen LogP contribution in [0.15, 0.2) is 33.8 Å². The third kappa shape index (κ3) is 6.00. The lowest BCUT2D eigenvalue weighted by atomic mass is 10.3. The lowest BCUT2D eigenvalue weighted by Crippen LogP contribution is -2.20. The smallest absolute Gasteiger partial charge is 0.258 e. The summed E-state index contributed by atoms with van der Waals surface area (Å²) in [7, 11) is 0. The predicted octanol–water partition coefficient (Wildman–Crippen LogP) is 2.97. The monoisotopic (exact) mass is 452 g/mol. The van der Waals surface area contributed by atoms with Crippen LogP contribution in [0.3, 0.4) is 0 Å². The van der Waals surface area contributed by atoms with Crippen LogP contribution in [0.4, 0.5) is 10.2 Å². The van der Waals surface area contributed by atoms with Crippen LogP contribution in [0.5, 0.6) is 0 Å². The van der Waals surface area contributed by atoms with E-state index >= 15 is 0 Å². The minimum Gasteiger partial charge on any atom is -0.380 e. The van der Waals surface area contributed by atoms with Gasteiger partial charge in [-0.15, -0.1) is 11.8 Å². The zero-order valence-electron chi connectivity index (χ0n) is 16.5. The number of hydrogen-bond acceptors (Lipinski definition) is 7. The Kier molecular flexibility index (Phi) is 7.77. The van der Waals surface area contributed by atoms with Crippen molar-refractivity contribution in [2.45, 2.75) is 20.4 Å². The van der Waals surface area contributed by atoms with E-state index in [0.717, 1.165) is 17.3 Å². The normalized spacial score (nSPS) is 11.9. The first-order valence-corrected chi connectivity index (χ1v) is 11.2. The number of carbonyl (C=O) groups is 2. The van der Waals surface area contributed by atoms with E-state index in [2.05, 4.69) is 15.5 Å². The molecule has 11 heteroatoms.